The number of nitrogens with zero attached hydrogens (tertiary/aromatic N) is 4. The molecule has 0 bridgehead atoms. The number of anilines is 1. The minimum atomic E-state index is 0.363. The normalized spacial score (nSPS) is 10.0. The van der Waals surface area contributed by atoms with Gasteiger partial charge >= 0.3 is 0 Å². The molecule has 2 rings (SSSR count). The summed E-state index contributed by atoms with van der Waals surface area (Å²) in [5.74, 6) is 1.07. The van der Waals surface area contributed by atoms with Gasteiger partial charge in [0.1, 0.15) is 0 Å². The van der Waals surface area contributed by atoms with Crippen LogP contribution in [-0.2, 0) is 6.42 Å². The average Bonchev–Trinajstić information content (AvgIpc) is 2.71. The number of nitriles is 1. The predicted octanol–water partition coefficient (Wildman–Crippen LogP) is 1.28. The Labute approximate surface area is 93.1 Å². The molecule has 0 amide bonds. The van der Waals surface area contributed by atoms with Crippen molar-refractivity contribution in [3.8, 4) is 11.8 Å². The van der Waals surface area contributed by atoms with Crippen LogP contribution in [0.3, 0.4) is 0 Å². The monoisotopic (exact) mass is 213 g/mol. The predicted molar refractivity (Wildman–Crippen MR) is 59.9 cm³/mol. The number of aromatic nitrogens is 3. The molecular weight excluding hydrogens is 202 g/mol. The highest BCUT2D eigenvalue weighted by atomic mass is 15.4. The molecule has 0 saturated heterocycles. The summed E-state index contributed by atoms with van der Waals surface area (Å²) in [4.78, 5) is 4.11. The Morgan fingerprint density at radius 1 is 1.38 bits per heavy atom. The average molecular weight is 213 g/mol. The van der Waals surface area contributed by atoms with Gasteiger partial charge in [-0.05, 0) is 24.3 Å². The van der Waals surface area contributed by atoms with Crippen LogP contribution in [0.5, 0.6) is 0 Å². The summed E-state index contributed by atoms with van der Waals surface area (Å²) in [5, 5.41) is 12.9. The van der Waals surface area contributed by atoms with Crippen LogP contribution in [0.15, 0.2) is 24.3 Å². The van der Waals surface area contributed by atoms with Gasteiger partial charge in [-0.1, -0.05) is 6.92 Å². The second-order valence-corrected chi connectivity index (χ2v) is 3.31. The lowest BCUT2D eigenvalue weighted by atomic mass is 10.2. The summed E-state index contributed by atoms with van der Waals surface area (Å²) in [5.41, 5.74) is 7.16. The number of hydrogen-bond acceptors (Lipinski definition) is 4. The van der Waals surface area contributed by atoms with E-state index < -0.39 is 0 Å². The van der Waals surface area contributed by atoms with Gasteiger partial charge in [-0.2, -0.15) is 14.9 Å². The molecule has 1 heterocycles. The van der Waals surface area contributed by atoms with E-state index >= 15 is 0 Å². The molecule has 0 aliphatic rings. The highest BCUT2D eigenvalue weighted by Crippen LogP contribution is 2.12. The molecule has 5 heteroatoms. The maximum absolute atomic E-state index is 8.69. The number of hydrogen-bond donors (Lipinski definition) is 1. The lowest BCUT2D eigenvalue weighted by Crippen LogP contribution is -2.02. The van der Waals surface area contributed by atoms with E-state index in [0.717, 1.165) is 12.1 Å². The van der Waals surface area contributed by atoms with Crippen molar-refractivity contribution in [3.05, 3.63) is 35.7 Å². The van der Waals surface area contributed by atoms with Crippen molar-refractivity contribution < 1.29 is 0 Å². The van der Waals surface area contributed by atoms with Gasteiger partial charge in [-0.15, -0.1) is 5.10 Å². The van der Waals surface area contributed by atoms with Gasteiger partial charge in [0.2, 0.25) is 5.95 Å². The fourth-order valence-electron chi connectivity index (χ4n) is 1.39. The van der Waals surface area contributed by atoms with E-state index in [2.05, 4.69) is 16.2 Å². The van der Waals surface area contributed by atoms with E-state index in [-0.39, 0.29) is 0 Å². The molecule has 16 heavy (non-hydrogen) atoms. The molecule has 0 aliphatic carbocycles. The lowest BCUT2D eigenvalue weighted by Gasteiger charge is -2.01. The molecule has 0 atom stereocenters. The van der Waals surface area contributed by atoms with Crippen molar-refractivity contribution >= 4 is 5.95 Å². The molecule has 2 aromatic rings. The van der Waals surface area contributed by atoms with Gasteiger partial charge in [0.05, 0.1) is 17.3 Å². The van der Waals surface area contributed by atoms with E-state index in [1.54, 1.807) is 28.9 Å². The van der Waals surface area contributed by atoms with Crippen LogP contribution in [0.4, 0.5) is 5.95 Å². The SMILES string of the molecule is CCc1nc(N)n(-c2ccc(C#N)cc2)n1. The maximum atomic E-state index is 8.69. The molecule has 0 saturated carbocycles. The first kappa shape index (κ1) is 10.2. The highest BCUT2D eigenvalue weighted by Gasteiger charge is 2.06. The largest absolute Gasteiger partial charge is 0.368 e. The van der Waals surface area contributed by atoms with Crippen LogP contribution in [0, 0.1) is 11.3 Å². The zero-order valence-corrected chi connectivity index (χ0v) is 8.88. The van der Waals surface area contributed by atoms with Gasteiger partial charge < -0.3 is 5.73 Å². The molecule has 0 fully saturated rings. The number of rotatable bonds is 2. The first-order valence-corrected chi connectivity index (χ1v) is 4.96. The number of nitrogen functional groups attached to an aromatic ring is 1. The van der Waals surface area contributed by atoms with Crippen LogP contribution in [0.1, 0.15) is 18.3 Å². The third-order valence-electron chi connectivity index (χ3n) is 2.23. The topological polar surface area (TPSA) is 80.5 Å². The Balaban J connectivity index is 2.42. The second kappa shape index (κ2) is 4.03. The van der Waals surface area contributed by atoms with Crippen LogP contribution < -0.4 is 5.73 Å². The first-order valence-electron chi connectivity index (χ1n) is 4.96. The summed E-state index contributed by atoms with van der Waals surface area (Å²) < 4.78 is 1.57. The Morgan fingerprint density at radius 2 is 2.06 bits per heavy atom. The highest BCUT2D eigenvalue weighted by molar-refractivity contribution is 5.42. The molecule has 0 radical (unpaired) electrons. The number of benzene rings is 1. The molecule has 80 valence electrons. The fraction of sp³-hybridized carbons (Fsp3) is 0.182. The van der Waals surface area contributed by atoms with E-state index in [9.17, 15) is 0 Å². The first-order chi connectivity index (χ1) is 7.74. The summed E-state index contributed by atoms with van der Waals surface area (Å²) in [6, 6.07) is 9.10. The molecular formula is C11H11N5. The summed E-state index contributed by atoms with van der Waals surface area (Å²) in [7, 11) is 0. The Kier molecular flexibility index (Phi) is 2.56. The zero-order valence-electron chi connectivity index (χ0n) is 8.88. The Hall–Kier alpha value is -2.35. The van der Waals surface area contributed by atoms with Crippen LogP contribution in [0.2, 0.25) is 0 Å². The van der Waals surface area contributed by atoms with Crippen molar-refractivity contribution in [2.45, 2.75) is 13.3 Å². The van der Waals surface area contributed by atoms with E-state index in [0.29, 0.717) is 17.3 Å². The maximum Gasteiger partial charge on any atom is 0.223 e. The molecule has 1 aromatic heterocycles. The quantitative estimate of drug-likeness (QED) is 0.814. The van der Waals surface area contributed by atoms with Crippen molar-refractivity contribution in [3.63, 3.8) is 0 Å². The number of nitrogens with two attached hydrogens (primary N) is 1. The zero-order chi connectivity index (χ0) is 11.5. The summed E-state index contributed by atoms with van der Waals surface area (Å²) in [6.45, 7) is 1.97. The third kappa shape index (κ3) is 1.73. The van der Waals surface area contributed by atoms with Crippen molar-refractivity contribution in [2.24, 2.45) is 0 Å². The lowest BCUT2D eigenvalue weighted by molar-refractivity contribution is 0.845. The third-order valence-corrected chi connectivity index (χ3v) is 2.23. The van der Waals surface area contributed by atoms with Gasteiger partial charge in [0.15, 0.2) is 5.82 Å². The molecule has 0 spiro atoms. The van der Waals surface area contributed by atoms with Crippen LogP contribution in [0.25, 0.3) is 5.69 Å². The Bertz CT molecular complexity index is 532. The molecule has 1 aromatic carbocycles. The van der Waals surface area contributed by atoms with E-state index in [1.807, 2.05) is 6.92 Å². The van der Waals surface area contributed by atoms with Crippen LogP contribution in [-0.4, -0.2) is 14.8 Å². The molecule has 0 unspecified atom stereocenters. The van der Waals surface area contributed by atoms with Gasteiger partial charge in [0, 0.05) is 6.42 Å². The smallest absolute Gasteiger partial charge is 0.223 e. The molecule has 5 nitrogen and oxygen atoms in total. The van der Waals surface area contributed by atoms with Crippen LogP contribution >= 0.6 is 0 Å². The second-order valence-electron chi connectivity index (χ2n) is 3.31. The van der Waals surface area contributed by atoms with Crippen molar-refractivity contribution in [1.82, 2.24) is 14.8 Å². The van der Waals surface area contributed by atoms with E-state index in [1.165, 1.54) is 0 Å². The fourth-order valence-corrected chi connectivity index (χ4v) is 1.39. The number of aryl methyl sites for hydroxylation is 1. The minimum absolute atomic E-state index is 0.363. The Morgan fingerprint density at radius 3 is 2.56 bits per heavy atom. The molecule has 0 aliphatic heterocycles. The molecule has 2 N–H and O–H groups in total. The van der Waals surface area contributed by atoms with Gasteiger partial charge in [-0.25, -0.2) is 0 Å². The van der Waals surface area contributed by atoms with Gasteiger partial charge in [-0.3, -0.25) is 0 Å². The van der Waals surface area contributed by atoms with Crippen molar-refractivity contribution in [2.75, 3.05) is 5.73 Å². The van der Waals surface area contributed by atoms with Gasteiger partial charge in [0.25, 0.3) is 0 Å². The minimum Gasteiger partial charge on any atom is -0.368 e. The van der Waals surface area contributed by atoms with E-state index in [4.69, 9.17) is 11.0 Å². The standard InChI is InChI=1S/C11H11N5/c1-2-10-14-11(13)16(15-10)9-5-3-8(7-12)4-6-9/h3-6H,2H2,1H3,(H2,13,14,15). The summed E-state index contributed by atoms with van der Waals surface area (Å²) >= 11 is 0. The van der Waals surface area contributed by atoms with Crippen molar-refractivity contribution in [1.29, 1.82) is 5.26 Å². The summed E-state index contributed by atoms with van der Waals surface area (Å²) in [6.07, 6.45) is 0.744.